The largest absolute Gasteiger partial charge is 0.444 e. The Kier molecular flexibility index (Phi) is 9.84. The first kappa shape index (κ1) is 33.0. The van der Waals surface area contributed by atoms with Crippen LogP contribution in [0.5, 0.6) is 0 Å². The van der Waals surface area contributed by atoms with Crippen molar-refractivity contribution in [2.24, 2.45) is 0 Å². The number of amides is 5. The van der Waals surface area contributed by atoms with Crippen molar-refractivity contribution < 1.29 is 37.5 Å². The standard InChI is InChI=1S/C30H35F2N7O6/c1-29(2,3)45-28(44)38-13-11-37(12-14-38)24(41)8-7-23(40)36-22-6-4-5-20-21(9-10-34-26(20)22)27(43)35-17-25(42)39-18-30(31,32)15-19(39)16-33/h4-6,9-10,19H,7-8,11-15,17-18H2,1-3H3,(H,35,43)(H,36,40). The number of nitrogens with zero attached hydrogens (tertiary/aromatic N) is 5. The average Bonchev–Trinajstić information content (AvgIpc) is 3.32. The van der Waals surface area contributed by atoms with Crippen molar-refractivity contribution in [3.05, 3.63) is 36.0 Å². The molecule has 1 aromatic heterocycles. The first-order valence-corrected chi connectivity index (χ1v) is 14.5. The molecule has 45 heavy (non-hydrogen) atoms. The van der Waals surface area contributed by atoms with Crippen LogP contribution in [-0.2, 0) is 19.1 Å². The Morgan fingerprint density at radius 3 is 2.40 bits per heavy atom. The zero-order chi connectivity index (χ0) is 32.9. The number of aromatic nitrogens is 1. The Bertz CT molecular complexity index is 1530. The Morgan fingerprint density at radius 1 is 1.04 bits per heavy atom. The van der Waals surface area contributed by atoms with Crippen LogP contribution in [0.2, 0.25) is 0 Å². The van der Waals surface area contributed by atoms with Gasteiger partial charge in [0.25, 0.3) is 11.8 Å². The second-order valence-corrected chi connectivity index (χ2v) is 11.9. The number of anilines is 1. The SMILES string of the molecule is CC(C)(C)OC(=O)N1CCN(C(=O)CCC(=O)Nc2cccc3c(C(=O)NCC(=O)N4CC(F)(F)CC4C#N)ccnc23)CC1. The molecule has 1 unspecified atom stereocenters. The van der Waals surface area contributed by atoms with Gasteiger partial charge in [-0.15, -0.1) is 0 Å². The number of halogens is 2. The van der Waals surface area contributed by atoms with E-state index in [4.69, 9.17) is 10.00 Å². The Balaban J connectivity index is 1.31. The average molecular weight is 628 g/mol. The van der Waals surface area contributed by atoms with Crippen LogP contribution in [0.25, 0.3) is 10.9 Å². The van der Waals surface area contributed by atoms with E-state index in [0.717, 1.165) is 4.90 Å². The number of alkyl halides is 2. The van der Waals surface area contributed by atoms with Gasteiger partial charge in [0.15, 0.2) is 0 Å². The first-order chi connectivity index (χ1) is 21.2. The van der Waals surface area contributed by atoms with Gasteiger partial charge < -0.3 is 30.1 Å². The number of likely N-dealkylation sites (tertiary alicyclic amines) is 1. The number of pyridine rings is 1. The number of carbonyl (C=O) groups is 5. The fourth-order valence-electron chi connectivity index (χ4n) is 5.08. The van der Waals surface area contributed by atoms with E-state index in [1.807, 2.05) is 0 Å². The predicted octanol–water partition coefficient (Wildman–Crippen LogP) is 2.52. The van der Waals surface area contributed by atoms with Crippen LogP contribution in [-0.4, -0.2) is 106 Å². The summed E-state index contributed by atoms with van der Waals surface area (Å²) in [6.07, 6.45) is 0.00166. The summed E-state index contributed by atoms with van der Waals surface area (Å²) in [5.74, 6) is -5.32. The molecule has 0 spiro atoms. The zero-order valence-corrected chi connectivity index (χ0v) is 25.3. The van der Waals surface area contributed by atoms with E-state index in [1.165, 1.54) is 12.3 Å². The smallest absolute Gasteiger partial charge is 0.410 e. The topological polar surface area (TPSA) is 165 Å². The van der Waals surface area contributed by atoms with Crippen LogP contribution in [0.15, 0.2) is 30.5 Å². The molecule has 15 heteroatoms. The van der Waals surface area contributed by atoms with Crippen LogP contribution in [0.3, 0.4) is 0 Å². The normalized spacial score (nSPS) is 17.9. The number of rotatable bonds is 7. The fourth-order valence-corrected chi connectivity index (χ4v) is 5.08. The Labute approximate surface area is 258 Å². The summed E-state index contributed by atoms with van der Waals surface area (Å²) in [5.41, 5.74) is 0.108. The van der Waals surface area contributed by atoms with E-state index in [0.29, 0.717) is 37.3 Å². The molecule has 2 fully saturated rings. The summed E-state index contributed by atoms with van der Waals surface area (Å²) in [6.45, 7) is 5.17. The van der Waals surface area contributed by atoms with E-state index < -0.39 is 60.9 Å². The van der Waals surface area contributed by atoms with Gasteiger partial charge in [0, 0.05) is 57.0 Å². The molecule has 2 N–H and O–H groups in total. The van der Waals surface area contributed by atoms with Gasteiger partial charge in [0.2, 0.25) is 17.7 Å². The molecule has 1 aromatic carbocycles. The quantitative estimate of drug-likeness (QED) is 0.473. The molecule has 0 aliphatic carbocycles. The molecule has 2 saturated heterocycles. The van der Waals surface area contributed by atoms with E-state index >= 15 is 0 Å². The molecular weight excluding hydrogens is 592 g/mol. The number of nitrogens with one attached hydrogen (secondary N) is 2. The lowest BCUT2D eigenvalue weighted by molar-refractivity contribution is -0.134. The number of ether oxygens (including phenoxy) is 1. The number of para-hydroxylation sites is 1. The molecule has 3 heterocycles. The van der Waals surface area contributed by atoms with Crippen LogP contribution in [0, 0.1) is 11.3 Å². The fraction of sp³-hybridized carbons (Fsp3) is 0.500. The molecule has 0 radical (unpaired) electrons. The zero-order valence-electron chi connectivity index (χ0n) is 25.3. The number of fused-ring (bicyclic) bond motifs is 1. The first-order valence-electron chi connectivity index (χ1n) is 14.5. The Morgan fingerprint density at radius 2 is 1.73 bits per heavy atom. The van der Waals surface area contributed by atoms with Gasteiger partial charge in [-0.05, 0) is 32.9 Å². The molecule has 240 valence electrons. The van der Waals surface area contributed by atoms with E-state index in [1.54, 1.807) is 54.8 Å². The maximum atomic E-state index is 13.7. The van der Waals surface area contributed by atoms with Gasteiger partial charge in [0.05, 0.1) is 35.9 Å². The number of nitriles is 1. The molecular formula is C30H35F2N7O6. The molecule has 4 rings (SSSR count). The van der Waals surface area contributed by atoms with Crippen LogP contribution < -0.4 is 10.6 Å². The van der Waals surface area contributed by atoms with Crippen LogP contribution in [0.4, 0.5) is 19.3 Å². The van der Waals surface area contributed by atoms with Crippen molar-refractivity contribution in [3.8, 4) is 6.07 Å². The number of benzene rings is 1. The molecule has 5 amide bonds. The van der Waals surface area contributed by atoms with Crippen molar-refractivity contribution in [1.29, 1.82) is 5.26 Å². The lowest BCUT2D eigenvalue weighted by Crippen LogP contribution is -2.51. The summed E-state index contributed by atoms with van der Waals surface area (Å²) in [5, 5.41) is 14.6. The van der Waals surface area contributed by atoms with Gasteiger partial charge in [-0.3, -0.25) is 24.2 Å². The van der Waals surface area contributed by atoms with E-state index in [-0.39, 0.29) is 29.8 Å². The highest BCUT2D eigenvalue weighted by atomic mass is 19.3. The minimum Gasteiger partial charge on any atom is -0.444 e. The third-order valence-corrected chi connectivity index (χ3v) is 7.28. The van der Waals surface area contributed by atoms with Crippen LogP contribution in [0.1, 0.15) is 50.4 Å². The highest BCUT2D eigenvalue weighted by molar-refractivity contribution is 6.10. The lowest BCUT2D eigenvalue weighted by Gasteiger charge is -2.35. The van der Waals surface area contributed by atoms with Gasteiger partial charge in [-0.2, -0.15) is 5.26 Å². The summed E-state index contributed by atoms with van der Waals surface area (Å²) < 4.78 is 32.8. The van der Waals surface area contributed by atoms with Crippen molar-refractivity contribution in [1.82, 2.24) is 25.0 Å². The monoisotopic (exact) mass is 627 g/mol. The Hall–Kier alpha value is -4.87. The highest BCUT2D eigenvalue weighted by Crippen LogP contribution is 2.31. The third-order valence-electron chi connectivity index (χ3n) is 7.28. The second kappa shape index (κ2) is 13.4. The van der Waals surface area contributed by atoms with E-state index in [9.17, 15) is 32.8 Å². The lowest BCUT2D eigenvalue weighted by atomic mass is 10.1. The minimum atomic E-state index is -3.17. The molecule has 1 atom stereocenters. The molecule has 2 aliphatic heterocycles. The van der Waals surface area contributed by atoms with E-state index in [2.05, 4.69) is 15.6 Å². The predicted molar refractivity (Wildman–Crippen MR) is 157 cm³/mol. The van der Waals surface area contributed by atoms with Gasteiger partial charge in [0.1, 0.15) is 11.6 Å². The summed E-state index contributed by atoms with van der Waals surface area (Å²) in [4.78, 5) is 71.4. The molecule has 2 aromatic rings. The molecule has 13 nitrogen and oxygen atoms in total. The maximum absolute atomic E-state index is 13.7. The number of hydrogen-bond donors (Lipinski definition) is 2. The molecule has 0 saturated carbocycles. The number of piperazine rings is 1. The van der Waals surface area contributed by atoms with Crippen LogP contribution >= 0.6 is 0 Å². The summed E-state index contributed by atoms with van der Waals surface area (Å²) in [6, 6.07) is 6.61. The van der Waals surface area contributed by atoms with Crippen molar-refractivity contribution in [3.63, 3.8) is 0 Å². The number of hydrogen-bond acceptors (Lipinski definition) is 8. The minimum absolute atomic E-state index is 0.0479. The number of carbonyl (C=O) groups excluding carboxylic acids is 5. The van der Waals surface area contributed by atoms with Gasteiger partial charge >= 0.3 is 6.09 Å². The van der Waals surface area contributed by atoms with Crippen molar-refractivity contribution in [2.75, 3.05) is 44.6 Å². The summed E-state index contributed by atoms with van der Waals surface area (Å²) >= 11 is 0. The highest BCUT2D eigenvalue weighted by Gasteiger charge is 2.47. The summed E-state index contributed by atoms with van der Waals surface area (Å²) in [7, 11) is 0. The second-order valence-electron chi connectivity index (χ2n) is 11.9. The van der Waals surface area contributed by atoms with Gasteiger partial charge in [-0.25, -0.2) is 13.6 Å². The van der Waals surface area contributed by atoms with Gasteiger partial charge in [-0.1, -0.05) is 12.1 Å². The molecule has 2 aliphatic rings. The maximum Gasteiger partial charge on any atom is 0.410 e. The third kappa shape index (κ3) is 8.40. The van der Waals surface area contributed by atoms with Crippen molar-refractivity contribution >= 4 is 46.3 Å². The van der Waals surface area contributed by atoms with Crippen molar-refractivity contribution in [2.45, 2.75) is 57.6 Å². The molecule has 0 bridgehead atoms.